The quantitative estimate of drug-likeness (QED) is 0.831. The number of amides is 2. The number of hydrogen-bond acceptors (Lipinski definition) is 4. The van der Waals surface area contributed by atoms with E-state index in [2.05, 4.69) is 13.8 Å². The van der Waals surface area contributed by atoms with Crippen molar-refractivity contribution in [3.05, 3.63) is 35.4 Å². The van der Waals surface area contributed by atoms with E-state index in [1.807, 2.05) is 12.1 Å². The normalized spacial score (nSPS) is 17.6. The first-order valence-electron chi connectivity index (χ1n) is 8.22. The van der Waals surface area contributed by atoms with Gasteiger partial charge in [-0.05, 0) is 36.5 Å². The lowest BCUT2D eigenvalue weighted by atomic mass is 9.97. The predicted molar refractivity (Wildman–Crippen MR) is 89.3 cm³/mol. The van der Waals surface area contributed by atoms with E-state index in [9.17, 15) is 14.4 Å². The van der Waals surface area contributed by atoms with Crippen LogP contribution < -0.4 is 5.73 Å². The summed E-state index contributed by atoms with van der Waals surface area (Å²) in [6, 6.07) is 7.16. The minimum Gasteiger partial charge on any atom is -0.452 e. The maximum atomic E-state index is 12.1. The molecule has 2 rings (SSSR count). The van der Waals surface area contributed by atoms with Gasteiger partial charge in [-0.15, -0.1) is 0 Å². The van der Waals surface area contributed by atoms with E-state index in [0.29, 0.717) is 31.0 Å². The molecule has 1 saturated heterocycles. The highest BCUT2D eigenvalue weighted by molar-refractivity contribution is 5.91. The second-order valence-corrected chi connectivity index (χ2v) is 6.43. The highest BCUT2D eigenvalue weighted by Crippen LogP contribution is 2.17. The first kappa shape index (κ1) is 18.0. The molecule has 0 radical (unpaired) electrons. The van der Waals surface area contributed by atoms with Gasteiger partial charge in [0.25, 0.3) is 5.91 Å². The van der Waals surface area contributed by atoms with E-state index in [4.69, 9.17) is 10.5 Å². The third-order valence-electron chi connectivity index (χ3n) is 4.32. The Morgan fingerprint density at radius 2 is 1.92 bits per heavy atom. The number of carbonyl (C=O) groups excluding carboxylic acids is 3. The summed E-state index contributed by atoms with van der Waals surface area (Å²) in [4.78, 5) is 36.9. The molecule has 1 aliphatic heterocycles. The van der Waals surface area contributed by atoms with Gasteiger partial charge in [0.05, 0.1) is 11.5 Å². The third-order valence-corrected chi connectivity index (χ3v) is 4.32. The number of benzene rings is 1. The van der Waals surface area contributed by atoms with Gasteiger partial charge in [-0.1, -0.05) is 26.0 Å². The largest absolute Gasteiger partial charge is 0.452 e. The molecule has 6 nitrogen and oxygen atoms in total. The number of carbonyl (C=O) groups is 3. The number of nitrogens with zero attached hydrogens (tertiary/aromatic N) is 1. The number of hydrogen-bond donors (Lipinski definition) is 1. The van der Waals surface area contributed by atoms with E-state index in [0.717, 1.165) is 12.0 Å². The number of likely N-dealkylation sites (tertiary alicyclic amines) is 1. The van der Waals surface area contributed by atoms with Crippen molar-refractivity contribution in [3.8, 4) is 0 Å². The van der Waals surface area contributed by atoms with Crippen molar-refractivity contribution in [1.29, 1.82) is 0 Å². The van der Waals surface area contributed by atoms with Crippen LogP contribution in [0.5, 0.6) is 0 Å². The van der Waals surface area contributed by atoms with Gasteiger partial charge in [-0.3, -0.25) is 9.59 Å². The van der Waals surface area contributed by atoms with Crippen molar-refractivity contribution in [2.45, 2.75) is 32.6 Å². The van der Waals surface area contributed by atoms with Crippen molar-refractivity contribution < 1.29 is 19.1 Å². The zero-order valence-electron chi connectivity index (χ0n) is 14.2. The lowest BCUT2D eigenvalue weighted by molar-refractivity contribution is -0.137. The summed E-state index contributed by atoms with van der Waals surface area (Å²) in [5, 5.41) is 0. The van der Waals surface area contributed by atoms with Crippen LogP contribution in [0.3, 0.4) is 0 Å². The third kappa shape index (κ3) is 4.57. The van der Waals surface area contributed by atoms with Gasteiger partial charge in [0.15, 0.2) is 6.61 Å². The number of primary amides is 1. The molecule has 0 bridgehead atoms. The van der Waals surface area contributed by atoms with Gasteiger partial charge >= 0.3 is 5.97 Å². The molecule has 0 aliphatic carbocycles. The monoisotopic (exact) mass is 332 g/mol. The molecule has 0 saturated carbocycles. The van der Waals surface area contributed by atoms with E-state index < -0.39 is 11.9 Å². The molecular formula is C18H24N2O4. The average molecular weight is 332 g/mol. The second kappa shape index (κ2) is 7.95. The molecule has 1 aromatic rings. The van der Waals surface area contributed by atoms with Gasteiger partial charge in [0, 0.05) is 13.1 Å². The van der Waals surface area contributed by atoms with Gasteiger partial charge in [0.1, 0.15) is 0 Å². The SMILES string of the molecule is CC(C)c1ccc(C(=O)OCC(=O)N2CCC[C@H](C(N)=O)C2)cc1. The maximum Gasteiger partial charge on any atom is 0.338 e. The smallest absolute Gasteiger partial charge is 0.338 e. The van der Waals surface area contributed by atoms with Crippen LogP contribution in [0.2, 0.25) is 0 Å². The molecule has 0 aromatic heterocycles. The number of piperidine rings is 1. The second-order valence-electron chi connectivity index (χ2n) is 6.43. The molecule has 2 amide bonds. The Morgan fingerprint density at radius 1 is 1.25 bits per heavy atom. The molecule has 130 valence electrons. The molecule has 0 unspecified atom stereocenters. The van der Waals surface area contributed by atoms with Crippen molar-refractivity contribution in [3.63, 3.8) is 0 Å². The Bertz CT molecular complexity index is 610. The highest BCUT2D eigenvalue weighted by Gasteiger charge is 2.27. The zero-order chi connectivity index (χ0) is 17.7. The van der Waals surface area contributed by atoms with Crippen LogP contribution in [0.25, 0.3) is 0 Å². The molecule has 2 N–H and O–H groups in total. The van der Waals surface area contributed by atoms with Crippen LogP contribution in [0, 0.1) is 5.92 Å². The van der Waals surface area contributed by atoms with Crippen LogP contribution in [-0.2, 0) is 14.3 Å². The predicted octanol–water partition coefficient (Wildman–Crippen LogP) is 1.69. The summed E-state index contributed by atoms with van der Waals surface area (Å²) >= 11 is 0. The topological polar surface area (TPSA) is 89.7 Å². The first-order chi connectivity index (χ1) is 11.4. The minimum atomic E-state index is -0.526. The number of esters is 1. The number of nitrogens with two attached hydrogens (primary N) is 1. The standard InChI is InChI=1S/C18H24N2O4/c1-12(2)13-5-7-14(8-6-13)18(23)24-11-16(21)20-9-3-4-15(10-20)17(19)22/h5-8,12,15H,3-4,9-11H2,1-2H3,(H2,19,22)/t15-/m0/s1. The Kier molecular flexibility index (Phi) is 5.95. The Morgan fingerprint density at radius 3 is 2.50 bits per heavy atom. The first-order valence-corrected chi connectivity index (χ1v) is 8.22. The Labute approximate surface area is 142 Å². The Hall–Kier alpha value is -2.37. The Balaban J connectivity index is 1.86. The summed E-state index contributed by atoms with van der Waals surface area (Å²) in [5.41, 5.74) is 6.85. The average Bonchev–Trinajstić information content (AvgIpc) is 2.59. The molecule has 24 heavy (non-hydrogen) atoms. The molecule has 1 heterocycles. The van der Waals surface area contributed by atoms with E-state index in [1.165, 1.54) is 4.90 Å². The van der Waals surface area contributed by atoms with Crippen molar-refractivity contribution >= 4 is 17.8 Å². The molecule has 1 aliphatic rings. The lowest BCUT2D eigenvalue weighted by Gasteiger charge is -2.31. The van der Waals surface area contributed by atoms with Crippen LogP contribution in [0.4, 0.5) is 0 Å². The van der Waals surface area contributed by atoms with Gasteiger partial charge in [0.2, 0.25) is 5.91 Å². The van der Waals surface area contributed by atoms with Gasteiger partial charge < -0.3 is 15.4 Å². The molecule has 6 heteroatoms. The molecular weight excluding hydrogens is 308 g/mol. The van der Waals surface area contributed by atoms with E-state index >= 15 is 0 Å². The summed E-state index contributed by atoms with van der Waals surface area (Å²) in [6.45, 7) is 4.68. The fraction of sp³-hybridized carbons (Fsp3) is 0.500. The van der Waals surface area contributed by atoms with Crippen molar-refractivity contribution in [2.24, 2.45) is 11.7 Å². The van der Waals surface area contributed by atoms with E-state index in [1.54, 1.807) is 12.1 Å². The van der Waals surface area contributed by atoms with Crippen LogP contribution in [-0.4, -0.2) is 42.4 Å². The molecule has 1 fully saturated rings. The van der Waals surface area contributed by atoms with Gasteiger partial charge in [-0.25, -0.2) is 4.79 Å². The fourth-order valence-electron chi connectivity index (χ4n) is 2.74. The lowest BCUT2D eigenvalue weighted by Crippen LogP contribution is -2.45. The van der Waals surface area contributed by atoms with Crippen molar-refractivity contribution in [2.75, 3.05) is 19.7 Å². The van der Waals surface area contributed by atoms with Crippen LogP contribution in [0.15, 0.2) is 24.3 Å². The minimum absolute atomic E-state index is 0.298. The molecule has 1 atom stereocenters. The van der Waals surface area contributed by atoms with Crippen molar-refractivity contribution in [1.82, 2.24) is 4.90 Å². The summed E-state index contributed by atoms with van der Waals surface area (Å²) in [7, 11) is 0. The maximum absolute atomic E-state index is 12.1. The van der Waals surface area contributed by atoms with Crippen LogP contribution >= 0.6 is 0 Å². The number of rotatable bonds is 5. The summed E-state index contributed by atoms with van der Waals surface area (Å²) in [5.74, 6) is -1.15. The fourth-order valence-corrected chi connectivity index (χ4v) is 2.74. The zero-order valence-corrected chi connectivity index (χ0v) is 14.2. The summed E-state index contributed by atoms with van der Waals surface area (Å²) < 4.78 is 5.09. The van der Waals surface area contributed by atoms with Crippen LogP contribution in [0.1, 0.15) is 48.5 Å². The van der Waals surface area contributed by atoms with E-state index in [-0.39, 0.29) is 18.4 Å². The highest BCUT2D eigenvalue weighted by atomic mass is 16.5. The molecule has 1 aromatic carbocycles. The molecule has 0 spiro atoms. The van der Waals surface area contributed by atoms with Gasteiger partial charge in [-0.2, -0.15) is 0 Å². The number of ether oxygens (including phenoxy) is 1. The summed E-state index contributed by atoms with van der Waals surface area (Å²) in [6.07, 6.45) is 1.42.